The lowest BCUT2D eigenvalue weighted by Gasteiger charge is -2.23. The Morgan fingerprint density at radius 3 is 2.52 bits per heavy atom. The van der Waals surface area contributed by atoms with E-state index in [4.69, 9.17) is 0 Å². The minimum atomic E-state index is -4.46. The Morgan fingerprint density at radius 2 is 1.92 bits per heavy atom. The molecule has 3 rings (SSSR count). The van der Waals surface area contributed by atoms with E-state index in [9.17, 15) is 22.8 Å². The lowest BCUT2D eigenvalue weighted by molar-refractivity contribution is -0.137. The number of urea groups is 1. The van der Waals surface area contributed by atoms with Crippen LogP contribution < -0.4 is 15.5 Å². The second-order valence-electron chi connectivity index (χ2n) is 6.05. The number of alkyl halides is 3. The Morgan fingerprint density at radius 1 is 1.20 bits per heavy atom. The molecule has 25 heavy (non-hydrogen) atoms. The highest BCUT2D eigenvalue weighted by Gasteiger charge is 2.32. The molecule has 0 bridgehead atoms. The van der Waals surface area contributed by atoms with Gasteiger partial charge >= 0.3 is 12.2 Å². The summed E-state index contributed by atoms with van der Waals surface area (Å²) in [5.41, 5.74) is 0.123. The van der Waals surface area contributed by atoms with Crippen LogP contribution >= 0.6 is 0 Å². The molecule has 1 aromatic carbocycles. The fraction of sp³-hybridized carbons (Fsp3) is 0.500. The molecule has 2 aliphatic rings. The topological polar surface area (TPSA) is 64.7 Å². The van der Waals surface area contributed by atoms with Crippen molar-refractivity contribution in [1.82, 2.24) is 10.2 Å². The van der Waals surface area contributed by atoms with E-state index in [0.717, 1.165) is 43.0 Å². The Kier molecular flexibility index (Phi) is 4.73. The first kappa shape index (κ1) is 17.4. The molecule has 2 N–H and O–H groups in total. The fourth-order valence-corrected chi connectivity index (χ4v) is 3.06. The van der Waals surface area contributed by atoms with E-state index in [-0.39, 0.29) is 18.8 Å². The summed E-state index contributed by atoms with van der Waals surface area (Å²) in [5, 5.41) is 5.30. The number of carbonyl (C=O) groups is 2. The summed E-state index contributed by atoms with van der Waals surface area (Å²) in [4.78, 5) is 26.7. The molecule has 2 fully saturated rings. The van der Waals surface area contributed by atoms with Crippen LogP contribution in [0.1, 0.15) is 18.4 Å². The van der Waals surface area contributed by atoms with Crippen LogP contribution in [0.25, 0.3) is 0 Å². The molecule has 0 saturated carbocycles. The molecule has 1 aromatic rings. The van der Waals surface area contributed by atoms with E-state index in [1.165, 1.54) is 6.07 Å². The lowest BCUT2D eigenvalue weighted by Crippen LogP contribution is -2.38. The summed E-state index contributed by atoms with van der Waals surface area (Å²) in [6.45, 7) is 1.94. The predicted octanol–water partition coefficient (Wildman–Crippen LogP) is 2.27. The van der Waals surface area contributed by atoms with Crippen LogP contribution in [0.5, 0.6) is 0 Å². The van der Waals surface area contributed by atoms with E-state index in [2.05, 4.69) is 10.6 Å². The van der Waals surface area contributed by atoms with Crippen LogP contribution in [0, 0.1) is 0 Å². The van der Waals surface area contributed by atoms with Crippen LogP contribution in [0.15, 0.2) is 18.2 Å². The predicted molar refractivity (Wildman–Crippen MR) is 86.5 cm³/mol. The number of rotatable bonds is 4. The number of halogens is 3. The Bertz CT molecular complexity index is 672. The highest BCUT2D eigenvalue weighted by atomic mass is 19.4. The zero-order valence-electron chi connectivity index (χ0n) is 13.5. The van der Waals surface area contributed by atoms with Crippen molar-refractivity contribution in [2.75, 3.05) is 42.9 Å². The molecule has 2 saturated heterocycles. The Balaban J connectivity index is 1.79. The third-order valence-corrected chi connectivity index (χ3v) is 4.36. The Labute approximate surface area is 143 Å². The zero-order valence-corrected chi connectivity index (χ0v) is 13.5. The summed E-state index contributed by atoms with van der Waals surface area (Å²) in [5.74, 6) is -0.472. The fourth-order valence-electron chi connectivity index (χ4n) is 3.06. The largest absolute Gasteiger partial charge is 0.416 e. The maximum atomic E-state index is 13.0. The van der Waals surface area contributed by atoms with Crippen molar-refractivity contribution in [2.24, 2.45) is 0 Å². The van der Waals surface area contributed by atoms with Crippen molar-refractivity contribution in [1.29, 1.82) is 0 Å². The maximum Gasteiger partial charge on any atom is 0.416 e. The number of imide groups is 1. The zero-order chi connectivity index (χ0) is 18.0. The molecule has 3 amide bonds. The second-order valence-corrected chi connectivity index (χ2v) is 6.05. The first-order valence-corrected chi connectivity index (χ1v) is 8.14. The molecule has 6 nitrogen and oxygen atoms in total. The molecule has 136 valence electrons. The van der Waals surface area contributed by atoms with E-state index >= 15 is 0 Å². The number of hydrogen-bond acceptors (Lipinski definition) is 4. The molecule has 0 atom stereocenters. The van der Waals surface area contributed by atoms with Gasteiger partial charge in [0.25, 0.3) is 0 Å². The monoisotopic (exact) mass is 356 g/mol. The van der Waals surface area contributed by atoms with Gasteiger partial charge < -0.3 is 15.5 Å². The SMILES string of the molecule is O=C(CNc1cc(C(F)(F)F)ccc1N1CCCC1)N1CCNC1=O. The highest BCUT2D eigenvalue weighted by molar-refractivity contribution is 5.97. The van der Waals surface area contributed by atoms with Crippen LogP contribution in [0.3, 0.4) is 0 Å². The van der Waals surface area contributed by atoms with Crippen LogP contribution in [0.2, 0.25) is 0 Å². The third-order valence-electron chi connectivity index (χ3n) is 4.36. The molecule has 0 unspecified atom stereocenters. The molecule has 0 spiro atoms. The van der Waals surface area contributed by atoms with E-state index in [0.29, 0.717) is 12.2 Å². The maximum absolute atomic E-state index is 13.0. The second kappa shape index (κ2) is 6.81. The Hall–Kier alpha value is -2.45. The van der Waals surface area contributed by atoms with E-state index in [1.807, 2.05) is 4.90 Å². The van der Waals surface area contributed by atoms with Gasteiger partial charge in [-0.3, -0.25) is 9.69 Å². The number of hydrogen-bond donors (Lipinski definition) is 2. The van der Waals surface area contributed by atoms with Crippen molar-refractivity contribution in [3.05, 3.63) is 23.8 Å². The van der Waals surface area contributed by atoms with Crippen molar-refractivity contribution < 1.29 is 22.8 Å². The number of nitrogens with zero attached hydrogens (tertiary/aromatic N) is 2. The van der Waals surface area contributed by atoms with Gasteiger partial charge in [-0.15, -0.1) is 0 Å². The highest BCUT2D eigenvalue weighted by Crippen LogP contribution is 2.36. The van der Waals surface area contributed by atoms with E-state index in [1.54, 1.807) is 0 Å². The summed E-state index contributed by atoms with van der Waals surface area (Å²) in [6, 6.07) is 3.03. The average molecular weight is 356 g/mol. The molecular formula is C16H19F3N4O2. The number of anilines is 2. The van der Waals surface area contributed by atoms with Gasteiger partial charge in [-0.25, -0.2) is 4.79 Å². The summed E-state index contributed by atoms with van der Waals surface area (Å²) < 4.78 is 39.0. The molecular weight excluding hydrogens is 337 g/mol. The molecule has 0 aliphatic carbocycles. The molecule has 2 heterocycles. The first-order chi connectivity index (χ1) is 11.9. The smallest absolute Gasteiger partial charge is 0.374 e. The number of benzene rings is 1. The van der Waals surface area contributed by atoms with Gasteiger partial charge in [0.15, 0.2) is 0 Å². The van der Waals surface area contributed by atoms with Crippen molar-refractivity contribution >= 4 is 23.3 Å². The van der Waals surface area contributed by atoms with Gasteiger partial charge in [-0.05, 0) is 31.0 Å². The van der Waals surface area contributed by atoms with Crippen molar-refractivity contribution in [2.45, 2.75) is 19.0 Å². The summed E-state index contributed by atoms with van der Waals surface area (Å²) in [6.07, 6.45) is -2.50. The van der Waals surface area contributed by atoms with Gasteiger partial charge in [0.2, 0.25) is 5.91 Å². The quantitative estimate of drug-likeness (QED) is 0.869. The minimum Gasteiger partial charge on any atom is -0.374 e. The normalized spacial score (nSPS) is 17.8. The molecule has 0 radical (unpaired) electrons. The van der Waals surface area contributed by atoms with Gasteiger partial charge in [0.1, 0.15) is 0 Å². The average Bonchev–Trinajstić information content (AvgIpc) is 3.23. The third kappa shape index (κ3) is 3.80. The van der Waals surface area contributed by atoms with Crippen molar-refractivity contribution in [3.8, 4) is 0 Å². The molecule has 9 heteroatoms. The van der Waals surface area contributed by atoms with Gasteiger partial charge in [0, 0.05) is 26.2 Å². The molecule has 2 aliphatic heterocycles. The van der Waals surface area contributed by atoms with Crippen LogP contribution in [-0.2, 0) is 11.0 Å². The van der Waals surface area contributed by atoms with Crippen LogP contribution in [0.4, 0.5) is 29.3 Å². The van der Waals surface area contributed by atoms with Crippen LogP contribution in [-0.4, -0.2) is 49.6 Å². The van der Waals surface area contributed by atoms with Gasteiger partial charge in [0.05, 0.1) is 23.5 Å². The number of nitrogens with one attached hydrogen (secondary N) is 2. The van der Waals surface area contributed by atoms with Gasteiger partial charge in [-0.1, -0.05) is 0 Å². The molecule has 0 aromatic heterocycles. The first-order valence-electron chi connectivity index (χ1n) is 8.14. The number of amides is 3. The van der Waals surface area contributed by atoms with E-state index < -0.39 is 23.7 Å². The summed E-state index contributed by atoms with van der Waals surface area (Å²) in [7, 11) is 0. The van der Waals surface area contributed by atoms with Crippen molar-refractivity contribution in [3.63, 3.8) is 0 Å². The summed E-state index contributed by atoms with van der Waals surface area (Å²) >= 11 is 0. The van der Waals surface area contributed by atoms with Gasteiger partial charge in [-0.2, -0.15) is 13.2 Å². The lowest BCUT2D eigenvalue weighted by atomic mass is 10.1. The minimum absolute atomic E-state index is 0.241. The standard InChI is InChI=1S/C16H19F3N4O2/c17-16(18,19)11-3-4-13(22-6-1-2-7-22)12(9-11)21-10-14(24)23-8-5-20-15(23)25/h3-4,9,21H,1-2,5-8,10H2,(H,20,25). The number of carbonyl (C=O) groups excluding carboxylic acids is 2.